The Kier molecular flexibility index (Phi) is 3.45. The van der Waals surface area contributed by atoms with Gasteiger partial charge in [0.05, 0.1) is 5.69 Å². The molecule has 2 aromatic carbocycles. The van der Waals surface area contributed by atoms with Gasteiger partial charge in [0.15, 0.2) is 0 Å². The maximum atomic E-state index is 9.39. The average Bonchev–Trinajstić information content (AvgIpc) is 2.32. The van der Waals surface area contributed by atoms with E-state index in [0.717, 1.165) is 17.0 Å². The standard InChI is InChI=1S/C14H12ClNO/c1-10(11-3-2-4-14(17)9-11)16-13-7-5-12(15)6-8-13/h2-9,17H,1H3. The fraction of sp³-hybridized carbons (Fsp3) is 0.0714. The number of phenols is 1. The molecule has 2 nitrogen and oxygen atoms in total. The quantitative estimate of drug-likeness (QED) is 0.791. The smallest absolute Gasteiger partial charge is 0.116 e. The van der Waals surface area contributed by atoms with Crippen LogP contribution in [-0.2, 0) is 0 Å². The summed E-state index contributed by atoms with van der Waals surface area (Å²) in [6.45, 7) is 1.91. The Balaban J connectivity index is 2.30. The highest BCUT2D eigenvalue weighted by Crippen LogP contribution is 2.19. The van der Waals surface area contributed by atoms with E-state index in [2.05, 4.69) is 4.99 Å². The lowest BCUT2D eigenvalue weighted by molar-refractivity contribution is 0.475. The van der Waals surface area contributed by atoms with Crippen LogP contribution in [0, 0.1) is 0 Å². The van der Waals surface area contributed by atoms with Gasteiger partial charge in [-0.05, 0) is 48.9 Å². The van der Waals surface area contributed by atoms with E-state index in [0.29, 0.717) is 5.02 Å². The van der Waals surface area contributed by atoms with Crippen LogP contribution in [-0.4, -0.2) is 10.8 Å². The van der Waals surface area contributed by atoms with Crippen LogP contribution in [0.2, 0.25) is 5.02 Å². The summed E-state index contributed by atoms with van der Waals surface area (Å²) in [5.74, 6) is 0.244. The first-order chi connectivity index (χ1) is 8.15. The van der Waals surface area contributed by atoms with Gasteiger partial charge in [-0.3, -0.25) is 4.99 Å². The van der Waals surface area contributed by atoms with Crippen molar-refractivity contribution in [2.24, 2.45) is 4.99 Å². The van der Waals surface area contributed by atoms with Crippen molar-refractivity contribution in [2.75, 3.05) is 0 Å². The highest BCUT2D eigenvalue weighted by molar-refractivity contribution is 6.30. The molecule has 0 bridgehead atoms. The van der Waals surface area contributed by atoms with Crippen molar-refractivity contribution < 1.29 is 5.11 Å². The summed E-state index contributed by atoms with van der Waals surface area (Å²) in [6.07, 6.45) is 0. The van der Waals surface area contributed by atoms with E-state index in [4.69, 9.17) is 11.6 Å². The molecule has 0 aliphatic carbocycles. The fourth-order valence-electron chi connectivity index (χ4n) is 1.50. The third-order valence-corrected chi connectivity index (χ3v) is 2.64. The van der Waals surface area contributed by atoms with Gasteiger partial charge in [0.25, 0.3) is 0 Å². The zero-order chi connectivity index (χ0) is 12.3. The van der Waals surface area contributed by atoms with Crippen LogP contribution in [0.4, 0.5) is 5.69 Å². The molecule has 0 saturated heterocycles. The zero-order valence-electron chi connectivity index (χ0n) is 9.39. The summed E-state index contributed by atoms with van der Waals surface area (Å²) >= 11 is 5.80. The maximum absolute atomic E-state index is 9.39. The molecule has 0 saturated carbocycles. The van der Waals surface area contributed by atoms with Crippen LogP contribution in [0.1, 0.15) is 12.5 Å². The molecule has 0 aliphatic heterocycles. The van der Waals surface area contributed by atoms with Gasteiger partial charge in [0.1, 0.15) is 5.75 Å². The van der Waals surface area contributed by atoms with Crippen molar-refractivity contribution >= 4 is 23.0 Å². The summed E-state index contributed by atoms with van der Waals surface area (Å²) in [6, 6.07) is 14.4. The second kappa shape index (κ2) is 5.02. The van der Waals surface area contributed by atoms with Gasteiger partial charge in [0, 0.05) is 10.7 Å². The highest BCUT2D eigenvalue weighted by atomic mass is 35.5. The third-order valence-electron chi connectivity index (χ3n) is 2.39. The maximum Gasteiger partial charge on any atom is 0.116 e. The molecular weight excluding hydrogens is 234 g/mol. The molecule has 0 spiro atoms. The van der Waals surface area contributed by atoms with Crippen molar-refractivity contribution in [1.29, 1.82) is 0 Å². The molecule has 0 atom stereocenters. The molecule has 3 heteroatoms. The van der Waals surface area contributed by atoms with Crippen molar-refractivity contribution in [3.63, 3.8) is 0 Å². The number of nitrogens with zero attached hydrogens (tertiary/aromatic N) is 1. The minimum absolute atomic E-state index is 0.244. The molecule has 0 aromatic heterocycles. The second-order valence-corrected chi connectivity index (χ2v) is 4.16. The Morgan fingerprint density at radius 1 is 1.12 bits per heavy atom. The van der Waals surface area contributed by atoms with E-state index in [-0.39, 0.29) is 5.75 Å². The number of rotatable bonds is 2. The van der Waals surface area contributed by atoms with Crippen molar-refractivity contribution in [3.8, 4) is 5.75 Å². The van der Waals surface area contributed by atoms with Crippen molar-refractivity contribution in [3.05, 3.63) is 59.1 Å². The van der Waals surface area contributed by atoms with E-state index in [9.17, 15) is 5.11 Å². The Morgan fingerprint density at radius 2 is 1.82 bits per heavy atom. The van der Waals surface area contributed by atoms with Crippen LogP contribution >= 0.6 is 11.6 Å². The van der Waals surface area contributed by atoms with Crippen LogP contribution in [0.5, 0.6) is 5.75 Å². The predicted octanol–water partition coefficient (Wildman–Crippen LogP) is 4.19. The number of aliphatic imine (C=N–C) groups is 1. The van der Waals surface area contributed by atoms with Crippen LogP contribution < -0.4 is 0 Å². The van der Waals surface area contributed by atoms with Crippen LogP contribution in [0.3, 0.4) is 0 Å². The van der Waals surface area contributed by atoms with E-state index in [1.807, 2.05) is 25.1 Å². The van der Waals surface area contributed by atoms with E-state index in [1.54, 1.807) is 30.3 Å². The van der Waals surface area contributed by atoms with Gasteiger partial charge in [-0.15, -0.1) is 0 Å². The van der Waals surface area contributed by atoms with Gasteiger partial charge < -0.3 is 5.11 Å². The molecule has 2 aromatic rings. The van der Waals surface area contributed by atoms with E-state index >= 15 is 0 Å². The van der Waals surface area contributed by atoms with Crippen molar-refractivity contribution in [2.45, 2.75) is 6.92 Å². The topological polar surface area (TPSA) is 32.6 Å². The minimum atomic E-state index is 0.244. The zero-order valence-corrected chi connectivity index (χ0v) is 10.1. The summed E-state index contributed by atoms with van der Waals surface area (Å²) in [5, 5.41) is 10.1. The number of hydrogen-bond donors (Lipinski definition) is 1. The SMILES string of the molecule is CC(=Nc1ccc(Cl)cc1)c1cccc(O)c1. The first-order valence-electron chi connectivity index (χ1n) is 5.25. The van der Waals surface area contributed by atoms with Gasteiger partial charge in [-0.2, -0.15) is 0 Å². The second-order valence-electron chi connectivity index (χ2n) is 3.72. The molecule has 0 unspecified atom stereocenters. The van der Waals surface area contributed by atoms with Crippen LogP contribution in [0.25, 0.3) is 0 Å². The normalized spacial score (nSPS) is 11.5. The molecule has 0 radical (unpaired) electrons. The van der Waals surface area contributed by atoms with Crippen LogP contribution in [0.15, 0.2) is 53.5 Å². The molecule has 1 N–H and O–H groups in total. The molecule has 17 heavy (non-hydrogen) atoms. The fourth-order valence-corrected chi connectivity index (χ4v) is 1.63. The van der Waals surface area contributed by atoms with Gasteiger partial charge in [-0.1, -0.05) is 23.7 Å². The molecule has 2 rings (SSSR count). The Bertz CT molecular complexity index is 546. The highest BCUT2D eigenvalue weighted by Gasteiger charge is 1.99. The first kappa shape index (κ1) is 11.7. The average molecular weight is 246 g/mol. The number of benzene rings is 2. The molecular formula is C14H12ClNO. The predicted molar refractivity (Wildman–Crippen MR) is 71.4 cm³/mol. The number of aromatic hydroxyl groups is 1. The molecule has 0 heterocycles. The molecule has 0 fully saturated rings. The van der Waals surface area contributed by atoms with Gasteiger partial charge >= 0.3 is 0 Å². The monoisotopic (exact) mass is 245 g/mol. The van der Waals surface area contributed by atoms with E-state index < -0.39 is 0 Å². The lowest BCUT2D eigenvalue weighted by Gasteiger charge is -2.02. The Hall–Kier alpha value is -1.80. The molecule has 0 aliphatic rings. The number of hydrogen-bond acceptors (Lipinski definition) is 2. The Labute approximate surface area is 105 Å². The molecule has 86 valence electrons. The largest absolute Gasteiger partial charge is 0.508 e. The lowest BCUT2D eigenvalue weighted by Crippen LogP contribution is -1.92. The summed E-state index contributed by atoms with van der Waals surface area (Å²) in [7, 11) is 0. The number of halogens is 1. The lowest BCUT2D eigenvalue weighted by atomic mass is 10.1. The minimum Gasteiger partial charge on any atom is -0.508 e. The summed E-state index contributed by atoms with van der Waals surface area (Å²) < 4.78 is 0. The Morgan fingerprint density at radius 3 is 2.47 bits per heavy atom. The first-order valence-corrected chi connectivity index (χ1v) is 5.63. The molecule has 0 amide bonds. The van der Waals surface area contributed by atoms with E-state index in [1.165, 1.54) is 0 Å². The van der Waals surface area contributed by atoms with Crippen molar-refractivity contribution in [1.82, 2.24) is 0 Å². The number of phenolic OH excluding ortho intramolecular Hbond substituents is 1. The van der Waals surface area contributed by atoms with Gasteiger partial charge in [0.2, 0.25) is 0 Å². The third kappa shape index (κ3) is 3.08. The summed E-state index contributed by atoms with van der Waals surface area (Å²) in [4.78, 5) is 4.46. The summed E-state index contributed by atoms with van der Waals surface area (Å²) in [5.41, 5.74) is 2.60. The van der Waals surface area contributed by atoms with Gasteiger partial charge in [-0.25, -0.2) is 0 Å².